The van der Waals surface area contributed by atoms with Crippen LogP contribution in [-0.4, -0.2) is 42.9 Å². The molecule has 0 heterocycles. The van der Waals surface area contributed by atoms with Gasteiger partial charge in [0.1, 0.15) is 0 Å². The van der Waals surface area contributed by atoms with Crippen molar-refractivity contribution in [2.45, 2.75) is 0 Å². The average molecular weight is 174 g/mol. The Labute approximate surface area is 70.7 Å². The first-order valence-electron chi connectivity index (χ1n) is 3.55. The number of carbonyl (C=O) groups excluding carboxylic acids is 2. The van der Waals surface area contributed by atoms with Crippen molar-refractivity contribution in [1.82, 2.24) is 4.90 Å². The lowest BCUT2D eigenvalue weighted by molar-refractivity contribution is -0.121. The van der Waals surface area contributed by atoms with Crippen LogP contribution in [0.5, 0.6) is 0 Å². The minimum absolute atomic E-state index is 0.0140. The Bertz CT molecular complexity index is 155. The molecule has 0 rings (SSSR count). The Morgan fingerprint density at radius 2 is 1.50 bits per heavy atom. The molecule has 0 unspecified atom stereocenters. The van der Waals surface area contributed by atoms with Crippen molar-refractivity contribution in [3.63, 3.8) is 0 Å². The molecule has 0 spiro atoms. The molecule has 70 valence electrons. The predicted octanol–water partition coefficient (Wildman–Crippen LogP) is -2.78. The minimum atomic E-state index is -0.496. The summed E-state index contributed by atoms with van der Waals surface area (Å²) in [7, 11) is 0. The number of hydrogen-bond donors (Lipinski definition) is 3. The number of amides is 2. The predicted molar refractivity (Wildman–Crippen MR) is 43.9 cm³/mol. The highest BCUT2D eigenvalue weighted by Crippen LogP contribution is 1.84. The summed E-state index contributed by atoms with van der Waals surface area (Å²) in [6, 6.07) is 0. The minimum Gasteiger partial charge on any atom is -0.369 e. The molecule has 6 heteroatoms. The first kappa shape index (κ1) is 10.9. The lowest BCUT2D eigenvalue weighted by atomic mass is 10.4. The fourth-order valence-corrected chi connectivity index (χ4v) is 0.837. The molecule has 0 aromatic carbocycles. The van der Waals surface area contributed by atoms with Gasteiger partial charge in [-0.05, 0) is 0 Å². The van der Waals surface area contributed by atoms with Crippen molar-refractivity contribution < 1.29 is 9.59 Å². The molecule has 0 fully saturated rings. The monoisotopic (exact) mass is 174 g/mol. The highest BCUT2D eigenvalue weighted by Gasteiger charge is 2.09. The largest absolute Gasteiger partial charge is 0.369 e. The van der Waals surface area contributed by atoms with Crippen LogP contribution >= 0.6 is 0 Å². The third kappa shape index (κ3) is 5.63. The van der Waals surface area contributed by atoms with E-state index < -0.39 is 11.8 Å². The average Bonchev–Trinajstić information content (AvgIpc) is 1.84. The Kier molecular flexibility index (Phi) is 4.98. The van der Waals surface area contributed by atoms with Gasteiger partial charge in [-0.1, -0.05) is 0 Å². The zero-order valence-electron chi connectivity index (χ0n) is 6.82. The van der Waals surface area contributed by atoms with Gasteiger partial charge in [0.05, 0.1) is 13.1 Å². The number of nitrogens with two attached hydrogens (primary N) is 3. The van der Waals surface area contributed by atoms with Gasteiger partial charge in [0, 0.05) is 13.1 Å². The van der Waals surface area contributed by atoms with E-state index in [0.717, 1.165) is 0 Å². The molecule has 0 aliphatic rings. The van der Waals surface area contributed by atoms with Crippen molar-refractivity contribution >= 4 is 11.8 Å². The zero-order chi connectivity index (χ0) is 9.56. The Morgan fingerprint density at radius 3 is 1.75 bits per heavy atom. The molecule has 0 aliphatic carbocycles. The fourth-order valence-electron chi connectivity index (χ4n) is 0.837. The van der Waals surface area contributed by atoms with Gasteiger partial charge in [-0.3, -0.25) is 14.5 Å². The van der Waals surface area contributed by atoms with Crippen molar-refractivity contribution in [2.75, 3.05) is 26.2 Å². The number of carbonyl (C=O) groups is 2. The van der Waals surface area contributed by atoms with Gasteiger partial charge in [-0.25, -0.2) is 0 Å². The van der Waals surface area contributed by atoms with E-state index >= 15 is 0 Å². The van der Waals surface area contributed by atoms with E-state index in [9.17, 15) is 9.59 Å². The summed E-state index contributed by atoms with van der Waals surface area (Å²) in [5.41, 5.74) is 15.1. The van der Waals surface area contributed by atoms with Gasteiger partial charge in [-0.2, -0.15) is 0 Å². The van der Waals surface area contributed by atoms with E-state index in [1.165, 1.54) is 4.90 Å². The second kappa shape index (κ2) is 5.50. The first-order valence-corrected chi connectivity index (χ1v) is 3.55. The third-order valence-electron chi connectivity index (χ3n) is 1.20. The van der Waals surface area contributed by atoms with Crippen LogP contribution in [0.1, 0.15) is 0 Å². The number of primary amides is 2. The van der Waals surface area contributed by atoms with Crippen LogP contribution in [0.4, 0.5) is 0 Å². The third-order valence-corrected chi connectivity index (χ3v) is 1.20. The molecule has 0 saturated carbocycles. The number of hydrogen-bond acceptors (Lipinski definition) is 4. The van der Waals surface area contributed by atoms with Crippen LogP contribution < -0.4 is 17.2 Å². The van der Waals surface area contributed by atoms with Crippen LogP contribution in [0.3, 0.4) is 0 Å². The standard InChI is InChI=1S/C6H14N4O2/c7-1-2-10(3-5(8)11)4-6(9)12/h1-4,7H2,(H2,8,11)(H2,9,12). The Hall–Kier alpha value is -1.14. The zero-order valence-corrected chi connectivity index (χ0v) is 6.82. The van der Waals surface area contributed by atoms with Gasteiger partial charge in [0.15, 0.2) is 0 Å². The van der Waals surface area contributed by atoms with Crippen molar-refractivity contribution in [2.24, 2.45) is 17.2 Å². The fraction of sp³-hybridized carbons (Fsp3) is 0.667. The summed E-state index contributed by atoms with van der Waals surface area (Å²) in [5.74, 6) is -0.991. The second-order valence-corrected chi connectivity index (χ2v) is 2.43. The molecule has 6 N–H and O–H groups in total. The van der Waals surface area contributed by atoms with E-state index in [2.05, 4.69) is 0 Å². The van der Waals surface area contributed by atoms with Crippen LogP contribution in [0.15, 0.2) is 0 Å². The van der Waals surface area contributed by atoms with Gasteiger partial charge < -0.3 is 17.2 Å². The first-order chi connectivity index (χ1) is 5.56. The van der Waals surface area contributed by atoms with E-state index in [1.807, 2.05) is 0 Å². The van der Waals surface area contributed by atoms with Crippen LogP contribution in [0.25, 0.3) is 0 Å². The maximum Gasteiger partial charge on any atom is 0.231 e. The van der Waals surface area contributed by atoms with E-state index in [0.29, 0.717) is 13.1 Å². The number of nitrogens with zero attached hydrogens (tertiary/aromatic N) is 1. The SMILES string of the molecule is NCCN(CC(N)=O)CC(N)=O. The quantitative estimate of drug-likeness (QED) is 0.404. The van der Waals surface area contributed by atoms with Gasteiger partial charge >= 0.3 is 0 Å². The normalized spacial score (nSPS) is 10.2. The van der Waals surface area contributed by atoms with Gasteiger partial charge in [-0.15, -0.1) is 0 Å². The van der Waals surface area contributed by atoms with Crippen LogP contribution in [0, 0.1) is 0 Å². The topological polar surface area (TPSA) is 115 Å². The molecule has 0 bridgehead atoms. The molecular weight excluding hydrogens is 160 g/mol. The molecule has 0 aromatic rings. The molecule has 0 saturated heterocycles. The summed E-state index contributed by atoms with van der Waals surface area (Å²) in [4.78, 5) is 22.4. The van der Waals surface area contributed by atoms with Crippen molar-refractivity contribution in [1.29, 1.82) is 0 Å². The Balaban J connectivity index is 3.85. The van der Waals surface area contributed by atoms with E-state index in [4.69, 9.17) is 17.2 Å². The molecule has 6 nitrogen and oxygen atoms in total. The summed E-state index contributed by atoms with van der Waals surface area (Å²) in [6.45, 7) is 0.826. The molecule has 0 radical (unpaired) electrons. The summed E-state index contributed by atoms with van der Waals surface area (Å²) in [5, 5.41) is 0. The lowest BCUT2D eigenvalue weighted by Gasteiger charge is -2.16. The molecule has 0 aliphatic heterocycles. The van der Waals surface area contributed by atoms with Gasteiger partial charge in [0.2, 0.25) is 11.8 Å². The molecule has 0 atom stereocenters. The maximum absolute atomic E-state index is 10.5. The van der Waals surface area contributed by atoms with E-state index in [1.54, 1.807) is 0 Å². The van der Waals surface area contributed by atoms with Crippen molar-refractivity contribution in [3.05, 3.63) is 0 Å². The smallest absolute Gasteiger partial charge is 0.231 e. The van der Waals surface area contributed by atoms with Crippen LogP contribution in [-0.2, 0) is 9.59 Å². The highest BCUT2D eigenvalue weighted by atomic mass is 16.2. The molecular formula is C6H14N4O2. The number of rotatable bonds is 6. The second-order valence-electron chi connectivity index (χ2n) is 2.43. The molecule has 12 heavy (non-hydrogen) atoms. The molecule has 2 amide bonds. The summed E-state index contributed by atoms with van der Waals surface area (Å²) >= 11 is 0. The van der Waals surface area contributed by atoms with Gasteiger partial charge in [0.25, 0.3) is 0 Å². The lowest BCUT2D eigenvalue weighted by Crippen LogP contribution is -2.41. The summed E-state index contributed by atoms with van der Waals surface area (Å²) in [6.07, 6.45) is 0. The van der Waals surface area contributed by atoms with Crippen molar-refractivity contribution in [3.8, 4) is 0 Å². The Morgan fingerprint density at radius 1 is 1.08 bits per heavy atom. The highest BCUT2D eigenvalue weighted by molar-refractivity contribution is 5.79. The molecule has 0 aromatic heterocycles. The maximum atomic E-state index is 10.5. The van der Waals surface area contributed by atoms with Crippen LogP contribution in [0.2, 0.25) is 0 Å². The van der Waals surface area contributed by atoms with E-state index in [-0.39, 0.29) is 13.1 Å². The summed E-state index contributed by atoms with van der Waals surface area (Å²) < 4.78 is 0.